The van der Waals surface area contributed by atoms with Gasteiger partial charge in [0.05, 0.1) is 31.0 Å². The van der Waals surface area contributed by atoms with Crippen LogP contribution in [-0.4, -0.2) is 30.4 Å². The summed E-state index contributed by atoms with van der Waals surface area (Å²) < 4.78 is 9.14. The second kappa shape index (κ2) is 10.6. The second-order valence-corrected chi connectivity index (χ2v) is 9.19. The predicted molar refractivity (Wildman–Crippen MR) is 134 cm³/mol. The Hall–Kier alpha value is -3.12. The summed E-state index contributed by atoms with van der Waals surface area (Å²) in [7, 11) is 0. The van der Waals surface area contributed by atoms with E-state index >= 15 is 0 Å². The van der Waals surface area contributed by atoms with E-state index in [0.717, 1.165) is 5.56 Å². The minimum absolute atomic E-state index is 0.0627. The highest BCUT2D eigenvalue weighted by atomic mass is 79.9. The number of rotatable bonds is 8. The Morgan fingerprint density at radius 2 is 1.86 bits per heavy atom. The maximum Gasteiger partial charge on any atom is 0.277 e. The van der Waals surface area contributed by atoms with Crippen molar-refractivity contribution in [1.29, 1.82) is 0 Å². The maximum absolute atomic E-state index is 12.6. The number of ether oxygens (including phenoxy) is 1. The van der Waals surface area contributed by atoms with E-state index in [-0.39, 0.29) is 28.9 Å². The van der Waals surface area contributed by atoms with E-state index in [1.807, 2.05) is 6.07 Å². The maximum atomic E-state index is 12.6. The number of carbonyl (C=O) groups excluding carboxylic acids is 1. The molecule has 0 aliphatic carbocycles. The van der Waals surface area contributed by atoms with Crippen molar-refractivity contribution in [2.24, 2.45) is 0 Å². The molecule has 1 N–H and O–H groups in total. The molecule has 10 nitrogen and oxygen atoms in total. The first-order valence-electron chi connectivity index (χ1n) is 9.78. The topological polar surface area (TPSA) is 117 Å². The molecule has 1 amide bonds. The lowest BCUT2D eigenvalue weighted by molar-refractivity contribution is -0.384. The molecular formula is C21H14BrCl3N6O4. The Labute approximate surface area is 221 Å². The number of benzene rings is 2. The fourth-order valence-corrected chi connectivity index (χ4v) is 3.93. The summed E-state index contributed by atoms with van der Waals surface area (Å²) in [5.41, 5.74) is 0.874. The van der Waals surface area contributed by atoms with Crippen LogP contribution in [0, 0.1) is 10.1 Å². The first-order chi connectivity index (χ1) is 16.7. The quantitative estimate of drug-likeness (QED) is 0.195. The van der Waals surface area contributed by atoms with Crippen LogP contribution in [0.15, 0.2) is 59.3 Å². The number of nitrogens with one attached hydrogen (secondary N) is 1. The van der Waals surface area contributed by atoms with Gasteiger partial charge in [0.15, 0.2) is 18.2 Å². The zero-order valence-corrected chi connectivity index (χ0v) is 21.3. The number of aromatic nitrogens is 4. The van der Waals surface area contributed by atoms with Gasteiger partial charge in [-0.25, -0.2) is 4.68 Å². The minimum Gasteiger partial charge on any atom is -0.470 e. The van der Waals surface area contributed by atoms with E-state index in [9.17, 15) is 14.9 Å². The Morgan fingerprint density at radius 1 is 1.06 bits per heavy atom. The molecule has 180 valence electrons. The van der Waals surface area contributed by atoms with Crippen molar-refractivity contribution in [1.82, 2.24) is 19.6 Å². The van der Waals surface area contributed by atoms with Crippen LogP contribution in [0.4, 0.5) is 11.5 Å². The number of nitro groups is 1. The smallest absolute Gasteiger partial charge is 0.277 e. The zero-order chi connectivity index (χ0) is 25.1. The number of nitrogens with zero attached hydrogens (tertiary/aromatic N) is 5. The fourth-order valence-electron chi connectivity index (χ4n) is 2.97. The van der Waals surface area contributed by atoms with Crippen molar-refractivity contribution in [3.8, 4) is 5.75 Å². The molecule has 0 saturated carbocycles. The average Bonchev–Trinajstić information content (AvgIpc) is 3.42. The van der Waals surface area contributed by atoms with Crippen LogP contribution >= 0.6 is 50.7 Å². The summed E-state index contributed by atoms with van der Waals surface area (Å²) in [6.45, 7) is 0.356. The number of hydrogen-bond donors (Lipinski definition) is 1. The number of nitro benzene ring substituents is 1. The Kier molecular flexibility index (Phi) is 7.60. The predicted octanol–water partition coefficient (Wildman–Crippen LogP) is 6.05. The van der Waals surface area contributed by atoms with Gasteiger partial charge in [-0.2, -0.15) is 10.2 Å². The fraction of sp³-hybridized carbons (Fsp3) is 0.0952. The van der Waals surface area contributed by atoms with Crippen LogP contribution in [0.2, 0.25) is 15.1 Å². The van der Waals surface area contributed by atoms with Gasteiger partial charge >= 0.3 is 0 Å². The van der Waals surface area contributed by atoms with Crippen molar-refractivity contribution < 1.29 is 14.5 Å². The molecule has 0 atom stereocenters. The van der Waals surface area contributed by atoms with Crippen molar-refractivity contribution in [3.05, 3.63) is 95.8 Å². The van der Waals surface area contributed by atoms with Gasteiger partial charge in [0.2, 0.25) is 0 Å². The molecule has 2 heterocycles. The Morgan fingerprint density at radius 3 is 2.57 bits per heavy atom. The Bertz CT molecular complexity index is 1420. The van der Waals surface area contributed by atoms with E-state index in [0.29, 0.717) is 26.9 Å². The number of carbonyl (C=O) groups is 1. The molecule has 0 spiro atoms. The van der Waals surface area contributed by atoms with Gasteiger partial charge in [0.1, 0.15) is 5.75 Å². The molecular weight excluding hydrogens is 587 g/mol. The van der Waals surface area contributed by atoms with E-state index in [4.69, 9.17) is 39.5 Å². The molecule has 4 rings (SSSR count). The molecule has 0 bridgehead atoms. The normalized spacial score (nSPS) is 10.9. The molecule has 0 saturated heterocycles. The molecule has 0 aliphatic heterocycles. The van der Waals surface area contributed by atoms with Crippen LogP contribution in [-0.2, 0) is 13.3 Å². The number of anilines is 1. The van der Waals surface area contributed by atoms with Crippen molar-refractivity contribution >= 4 is 68.1 Å². The first-order valence-corrected chi connectivity index (χ1v) is 11.7. The van der Waals surface area contributed by atoms with Crippen LogP contribution in [0.1, 0.15) is 16.1 Å². The van der Waals surface area contributed by atoms with Gasteiger partial charge in [0, 0.05) is 24.5 Å². The molecule has 0 radical (unpaired) electrons. The van der Waals surface area contributed by atoms with E-state index in [2.05, 4.69) is 31.4 Å². The molecule has 0 fully saturated rings. The zero-order valence-electron chi connectivity index (χ0n) is 17.5. The van der Waals surface area contributed by atoms with E-state index in [1.54, 1.807) is 29.2 Å². The second-order valence-electron chi connectivity index (χ2n) is 7.11. The number of hydrogen-bond acceptors (Lipinski definition) is 6. The van der Waals surface area contributed by atoms with Crippen molar-refractivity contribution in [2.75, 3.05) is 5.32 Å². The largest absolute Gasteiger partial charge is 0.470 e. The van der Waals surface area contributed by atoms with Gasteiger partial charge in [0.25, 0.3) is 11.6 Å². The number of amides is 1. The average molecular weight is 601 g/mol. The summed E-state index contributed by atoms with van der Waals surface area (Å²) in [6, 6.07) is 10.7. The highest BCUT2D eigenvalue weighted by Gasteiger charge is 2.16. The SMILES string of the molecule is O=C(Nc1nn(Cc2ccc(Cl)c(Cl)c2)cc1Br)c1ccn(COc2ccc([N+](=O)[O-])cc2Cl)n1. The van der Waals surface area contributed by atoms with Crippen LogP contribution in [0.3, 0.4) is 0 Å². The molecule has 2 aromatic carbocycles. The third kappa shape index (κ3) is 6.12. The highest BCUT2D eigenvalue weighted by Crippen LogP contribution is 2.29. The number of halogens is 4. The lowest BCUT2D eigenvalue weighted by atomic mass is 10.2. The molecule has 0 aliphatic rings. The monoisotopic (exact) mass is 598 g/mol. The summed E-state index contributed by atoms with van der Waals surface area (Å²) in [5, 5.41) is 23.0. The van der Waals surface area contributed by atoms with Gasteiger partial charge in [-0.1, -0.05) is 40.9 Å². The highest BCUT2D eigenvalue weighted by molar-refractivity contribution is 9.10. The van der Waals surface area contributed by atoms with Crippen LogP contribution < -0.4 is 10.1 Å². The minimum atomic E-state index is -0.553. The summed E-state index contributed by atoms with van der Waals surface area (Å²) in [4.78, 5) is 22.9. The van der Waals surface area contributed by atoms with Crippen molar-refractivity contribution in [2.45, 2.75) is 13.3 Å². The van der Waals surface area contributed by atoms with Crippen LogP contribution in [0.25, 0.3) is 0 Å². The van der Waals surface area contributed by atoms with Crippen LogP contribution in [0.5, 0.6) is 5.75 Å². The van der Waals surface area contributed by atoms with Gasteiger partial charge in [-0.15, -0.1) is 0 Å². The molecule has 0 unspecified atom stereocenters. The standard InChI is InChI=1S/C21H14BrCl3N6O4/c22-14-10-30(9-12-1-3-15(23)16(24)7-12)28-20(14)26-21(32)18-5-6-29(27-18)11-35-19-4-2-13(31(33)34)8-17(19)25/h1-8,10H,9,11H2,(H,26,28,32). The third-order valence-corrected chi connectivity index (χ3v) is 6.24. The molecule has 14 heteroatoms. The van der Waals surface area contributed by atoms with E-state index < -0.39 is 10.8 Å². The van der Waals surface area contributed by atoms with Gasteiger partial charge in [-0.3, -0.25) is 19.6 Å². The third-order valence-electron chi connectivity index (χ3n) is 4.63. The first kappa shape index (κ1) is 25.0. The summed E-state index contributed by atoms with van der Waals surface area (Å²) in [5.74, 6) is 0.0892. The lowest BCUT2D eigenvalue weighted by Crippen LogP contribution is -2.15. The Balaban J connectivity index is 1.37. The summed E-state index contributed by atoms with van der Waals surface area (Å²) in [6.07, 6.45) is 3.27. The number of non-ortho nitro benzene ring substituents is 1. The lowest BCUT2D eigenvalue weighted by Gasteiger charge is -2.07. The molecule has 4 aromatic rings. The summed E-state index contributed by atoms with van der Waals surface area (Å²) >= 11 is 21.4. The molecule has 35 heavy (non-hydrogen) atoms. The van der Waals surface area contributed by atoms with E-state index in [1.165, 1.54) is 28.9 Å². The van der Waals surface area contributed by atoms with Gasteiger partial charge in [-0.05, 0) is 45.8 Å². The van der Waals surface area contributed by atoms with Gasteiger partial charge < -0.3 is 10.1 Å². The van der Waals surface area contributed by atoms with Crippen molar-refractivity contribution in [3.63, 3.8) is 0 Å². The molecule has 2 aromatic heterocycles.